The number of hydrogen-bond donors (Lipinski definition) is 1. The minimum atomic E-state index is -0.0104. The van der Waals surface area contributed by atoms with Crippen molar-refractivity contribution >= 4 is 23.1 Å². The normalized spacial score (nSPS) is 13.4. The van der Waals surface area contributed by atoms with Crippen molar-refractivity contribution in [2.75, 3.05) is 17.2 Å². The number of nitrogens with two attached hydrogens (primary N) is 1. The fourth-order valence-electron chi connectivity index (χ4n) is 3.33. The maximum atomic E-state index is 12.7. The molecule has 1 heterocycles. The van der Waals surface area contributed by atoms with Gasteiger partial charge in [0.05, 0.1) is 0 Å². The number of hydrogen-bond acceptors (Lipinski definition) is 3. The van der Waals surface area contributed by atoms with E-state index in [9.17, 15) is 9.59 Å². The van der Waals surface area contributed by atoms with E-state index in [1.807, 2.05) is 50.2 Å². The van der Waals surface area contributed by atoms with Crippen molar-refractivity contribution in [3.63, 3.8) is 0 Å². The smallest absolute Gasteiger partial charge is 0.227 e. The number of carbonyl (C=O) groups excluding carboxylic acids is 2. The number of anilines is 2. The van der Waals surface area contributed by atoms with Gasteiger partial charge in [-0.1, -0.05) is 18.2 Å². The highest BCUT2D eigenvalue weighted by Gasteiger charge is 2.24. The second kappa shape index (κ2) is 7.09. The molecule has 0 saturated carbocycles. The van der Waals surface area contributed by atoms with Crippen molar-refractivity contribution < 1.29 is 9.59 Å². The molecule has 1 aliphatic heterocycles. The maximum absolute atomic E-state index is 12.7. The monoisotopic (exact) mass is 336 g/mol. The first-order valence-corrected chi connectivity index (χ1v) is 8.75. The van der Waals surface area contributed by atoms with E-state index in [1.54, 1.807) is 4.90 Å². The summed E-state index contributed by atoms with van der Waals surface area (Å²) in [7, 11) is 0. The van der Waals surface area contributed by atoms with Crippen LogP contribution in [0, 0.1) is 13.8 Å². The second-order valence-corrected chi connectivity index (χ2v) is 6.72. The van der Waals surface area contributed by atoms with Crippen LogP contribution in [0.5, 0.6) is 0 Å². The Balaban J connectivity index is 1.68. The van der Waals surface area contributed by atoms with Gasteiger partial charge in [-0.3, -0.25) is 9.59 Å². The van der Waals surface area contributed by atoms with Crippen molar-refractivity contribution in [2.24, 2.45) is 0 Å². The van der Waals surface area contributed by atoms with E-state index in [0.717, 1.165) is 40.9 Å². The molecule has 1 aliphatic rings. The van der Waals surface area contributed by atoms with Crippen LogP contribution in [0.25, 0.3) is 0 Å². The number of carbonyl (C=O) groups is 2. The molecule has 130 valence electrons. The molecule has 4 heteroatoms. The van der Waals surface area contributed by atoms with Gasteiger partial charge < -0.3 is 10.6 Å². The molecule has 0 aliphatic carbocycles. The van der Waals surface area contributed by atoms with Crippen LogP contribution >= 0.6 is 0 Å². The van der Waals surface area contributed by atoms with E-state index in [1.165, 1.54) is 0 Å². The largest absolute Gasteiger partial charge is 0.398 e. The lowest BCUT2D eigenvalue weighted by atomic mass is 9.98. The summed E-state index contributed by atoms with van der Waals surface area (Å²) in [5.74, 6) is 0.00462. The van der Waals surface area contributed by atoms with Crippen LogP contribution in [0.3, 0.4) is 0 Å². The average molecular weight is 336 g/mol. The quantitative estimate of drug-likeness (QED) is 0.682. The standard InChI is InChI=1S/C21H24N2O2/c1-14-8-9-16(13-15(14)2)20(24)10-11-21(25)23-12-4-5-17-18(22)6-3-7-19(17)23/h3,6-9,13H,4-5,10-12,22H2,1-2H3. The lowest BCUT2D eigenvalue weighted by Gasteiger charge is -2.30. The average Bonchev–Trinajstić information content (AvgIpc) is 2.61. The molecule has 2 aromatic rings. The van der Waals surface area contributed by atoms with Gasteiger partial charge in [-0.15, -0.1) is 0 Å². The Morgan fingerprint density at radius 2 is 1.88 bits per heavy atom. The third-order valence-electron chi connectivity index (χ3n) is 4.98. The SMILES string of the molecule is Cc1ccc(C(=O)CCC(=O)N2CCCc3c(N)cccc32)cc1C. The van der Waals surface area contributed by atoms with Crippen LogP contribution in [0.2, 0.25) is 0 Å². The Morgan fingerprint density at radius 1 is 1.08 bits per heavy atom. The van der Waals surface area contributed by atoms with Gasteiger partial charge in [0.25, 0.3) is 0 Å². The van der Waals surface area contributed by atoms with Crippen molar-refractivity contribution in [3.8, 4) is 0 Å². The molecule has 0 aromatic heterocycles. The first-order chi connectivity index (χ1) is 12.0. The highest BCUT2D eigenvalue weighted by atomic mass is 16.2. The van der Waals surface area contributed by atoms with Crippen LogP contribution < -0.4 is 10.6 Å². The zero-order valence-electron chi connectivity index (χ0n) is 14.8. The molecular formula is C21H24N2O2. The number of ketones is 1. The van der Waals surface area contributed by atoms with Crippen molar-refractivity contribution in [2.45, 2.75) is 39.5 Å². The molecule has 3 rings (SSSR count). The molecule has 1 amide bonds. The van der Waals surface area contributed by atoms with Gasteiger partial charge in [0.2, 0.25) is 5.91 Å². The molecule has 0 saturated heterocycles. The summed E-state index contributed by atoms with van der Waals surface area (Å²) >= 11 is 0. The van der Waals surface area contributed by atoms with E-state index >= 15 is 0 Å². The van der Waals surface area contributed by atoms with Gasteiger partial charge >= 0.3 is 0 Å². The predicted molar refractivity (Wildman–Crippen MR) is 101 cm³/mol. The number of aryl methyl sites for hydroxylation is 2. The maximum Gasteiger partial charge on any atom is 0.227 e. The number of amides is 1. The molecule has 0 radical (unpaired) electrons. The Labute approximate surface area is 148 Å². The molecule has 0 unspecified atom stereocenters. The first-order valence-electron chi connectivity index (χ1n) is 8.75. The number of nitrogens with zero attached hydrogens (tertiary/aromatic N) is 1. The van der Waals surface area contributed by atoms with Crippen LogP contribution in [0.15, 0.2) is 36.4 Å². The summed E-state index contributed by atoms with van der Waals surface area (Å²) in [6, 6.07) is 11.4. The predicted octanol–water partition coefficient (Wildman–Crippen LogP) is 3.83. The summed E-state index contributed by atoms with van der Waals surface area (Å²) in [4.78, 5) is 26.8. The number of fused-ring (bicyclic) bond motifs is 1. The molecule has 2 aromatic carbocycles. The molecular weight excluding hydrogens is 312 g/mol. The Morgan fingerprint density at radius 3 is 2.64 bits per heavy atom. The number of rotatable bonds is 4. The van der Waals surface area contributed by atoms with Crippen LogP contribution in [0.4, 0.5) is 11.4 Å². The minimum absolute atomic E-state index is 0.0104. The third-order valence-corrected chi connectivity index (χ3v) is 4.98. The third kappa shape index (κ3) is 3.58. The van der Waals surface area contributed by atoms with Crippen molar-refractivity contribution in [1.29, 1.82) is 0 Å². The highest BCUT2D eigenvalue weighted by Crippen LogP contribution is 2.31. The van der Waals surface area contributed by atoms with Gasteiger partial charge in [-0.05, 0) is 61.6 Å². The summed E-state index contributed by atoms with van der Waals surface area (Å²) in [5.41, 5.74) is 11.7. The Hall–Kier alpha value is -2.62. The lowest BCUT2D eigenvalue weighted by molar-refractivity contribution is -0.118. The lowest BCUT2D eigenvalue weighted by Crippen LogP contribution is -2.35. The second-order valence-electron chi connectivity index (χ2n) is 6.72. The number of nitrogen functional groups attached to an aromatic ring is 1. The van der Waals surface area contributed by atoms with Crippen molar-refractivity contribution in [1.82, 2.24) is 0 Å². The van der Waals surface area contributed by atoms with E-state index in [4.69, 9.17) is 5.73 Å². The molecule has 4 nitrogen and oxygen atoms in total. The molecule has 0 fully saturated rings. The summed E-state index contributed by atoms with van der Waals surface area (Å²) < 4.78 is 0. The molecule has 2 N–H and O–H groups in total. The van der Waals surface area contributed by atoms with E-state index in [2.05, 4.69) is 0 Å². The van der Waals surface area contributed by atoms with Crippen LogP contribution in [0.1, 0.15) is 46.3 Å². The number of benzene rings is 2. The van der Waals surface area contributed by atoms with Crippen LogP contribution in [-0.2, 0) is 11.2 Å². The molecule has 0 spiro atoms. The van der Waals surface area contributed by atoms with E-state index in [0.29, 0.717) is 12.1 Å². The zero-order valence-corrected chi connectivity index (χ0v) is 14.8. The summed E-state index contributed by atoms with van der Waals surface area (Å²) in [6.45, 7) is 4.70. The topological polar surface area (TPSA) is 63.4 Å². The van der Waals surface area contributed by atoms with Crippen LogP contribution in [-0.4, -0.2) is 18.2 Å². The van der Waals surface area contributed by atoms with Gasteiger partial charge in [0.1, 0.15) is 0 Å². The number of Topliss-reactive ketones (excluding diaryl/α,β-unsaturated/α-hetero) is 1. The van der Waals surface area contributed by atoms with E-state index in [-0.39, 0.29) is 24.5 Å². The summed E-state index contributed by atoms with van der Waals surface area (Å²) in [6.07, 6.45) is 2.25. The minimum Gasteiger partial charge on any atom is -0.398 e. The zero-order chi connectivity index (χ0) is 18.0. The fraction of sp³-hybridized carbons (Fsp3) is 0.333. The van der Waals surface area contributed by atoms with Gasteiger partial charge in [0, 0.05) is 36.3 Å². The van der Waals surface area contributed by atoms with Crippen molar-refractivity contribution in [3.05, 3.63) is 58.7 Å². The highest BCUT2D eigenvalue weighted by molar-refractivity contribution is 6.01. The van der Waals surface area contributed by atoms with Gasteiger partial charge in [0.15, 0.2) is 5.78 Å². The Kier molecular flexibility index (Phi) is 4.88. The first kappa shape index (κ1) is 17.2. The Bertz CT molecular complexity index is 827. The molecule has 0 bridgehead atoms. The fourth-order valence-corrected chi connectivity index (χ4v) is 3.33. The summed E-state index contributed by atoms with van der Waals surface area (Å²) in [5, 5.41) is 0. The molecule has 25 heavy (non-hydrogen) atoms. The van der Waals surface area contributed by atoms with Gasteiger partial charge in [-0.2, -0.15) is 0 Å². The van der Waals surface area contributed by atoms with E-state index < -0.39 is 0 Å². The van der Waals surface area contributed by atoms with Gasteiger partial charge in [-0.25, -0.2) is 0 Å². The molecule has 0 atom stereocenters.